The summed E-state index contributed by atoms with van der Waals surface area (Å²) in [4.78, 5) is 13.0. The molecule has 1 amide bonds. The molecule has 0 unspecified atom stereocenters. The molecular weight excluding hydrogens is 432 g/mol. The standard InChI is InChI=1S/C23H26N2O4S2/c1-16(2)23(26)25-21-15-20(10-11-22(21)30-3)31(27,28)24-12-13-29-19-9-8-17-6-4-5-7-18(17)14-19/h4-11,14-16,24H,12-13H2,1-3H3,(H,25,26). The van der Waals surface area contributed by atoms with Gasteiger partial charge in [-0.25, -0.2) is 13.1 Å². The van der Waals surface area contributed by atoms with Gasteiger partial charge in [-0.3, -0.25) is 4.79 Å². The van der Waals surface area contributed by atoms with Crippen LogP contribution in [0, 0.1) is 5.92 Å². The van der Waals surface area contributed by atoms with Crippen LogP contribution in [0.15, 0.2) is 70.5 Å². The number of benzene rings is 3. The average molecular weight is 459 g/mol. The summed E-state index contributed by atoms with van der Waals surface area (Å²) in [5.74, 6) is 0.308. The Bertz CT molecular complexity index is 1180. The third kappa shape index (κ3) is 6.00. The molecule has 0 spiro atoms. The van der Waals surface area contributed by atoms with Crippen molar-refractivity contribution in [1.29, 1.82) is 0 Å². The Morgan fingerprint density at radius 2 is 1.77 bits per heavy atom. The van der Waals surface area contributed by atoms with Gasteiger partial charge in [0.05, 0.1) is 10.6 Å². The van der Waals surface area contributed by atoms with Crippen molar-refractivity contribution in [3.05, 3.63) is 60.7 Å². The highest BCUT2D eigenvalue weighted by atomic mass is 32.2. The maximum atomic E-state index is 12.7. The van der Waals surface area contributed by atoms with Crippen LogP contribution in [0.5, 0.6) is 5.75 Å². The minimum Gasteiger partial charge on any atom is -0.492 e. The summed E-state index contributed by atoms with van der Waals surface area (Å²) in [5.41, 5.74) is 0.487. The molecule has 0 saturated heterocycles. The van der Waals surface area contributed by atoms with Gasteiger partial charge >= 0.3 is 0 Å². The molecule has 0 radical (unpaired) electrons. The van der Waals surface area contributed by atoms with E-state index in [4.69, 9.17) is 4.74 Å². The fourth-order valence-corrected chi connectivity index (χ4v) is 4.49. The van der Waals surface area contributed by atoms with Gasteiger partial charge in [0.15, 0.2) is 0 Å². The first-order valence-corrected chi connectivity index (χ1v) is 12.6. The molecule has 0 atom stereocenters. The second-order valence-corrected chi connectivity index (χ2v) is 9.88. The number of hydrogen-bond acceptors (Lipinski definition) is 5. The van der Waals surface area contributed by atoms with E-state index in [2.05, 4.69) is 10.0 Å². The van der Waals surface area contributed by atoms with E-state index in [-0.39, 0.29) is 29.9 Å². The largest absolute Gasteiger partial charge is 0.492 e. The van der Waals surface area contributed by atoms with Crippen molar-refractivity contribution >= 4 is 44.2 Å². The number of nitrogens with one attached hydrogen (secondary N) is 2. The number of fused-ring (bicyclic) bond motifs is 1. The zero-order chi connectivity index (χ0) is 22.4. The molecule has 8 heteroatoms. The molecule has 3 rings (SSSR count). The monoisotopic (exact) mass is 458 g/mol. The molecule has 0 aliphatic heterocycles. The smallest absolute Gasteiger partial charge is 0.240 e. The quantitative estimate of drug-likeness (QED) is 0.364. The van der Waals surface area contributed by atoms with E-state index in [1.165, 1.54) is 23.9 Å². The Morgan fingerprint density at radius 1 is 1.03 bits per heavy atom. The fourth-order valence-electron chi connectivity index (χ4n) is 2.91. The van der Waals surface area contributed by atoms with Crippen LogP contribution in [-0.4, -0.2) is 33.7 Å². The van der Waals surface area contributed by atoms with Gasteiger partial charge in [-0.1, -0.05) is 44.2 Å². The third-order valence-electron chi connectivity index (χ3n) is 4.65. The van der Waals surface area contributed by atoms with E-state index in [1.54, 1.807) is 19.9 Å². The summed E-state index contributed by atoms with van der Waals surface area (Å²) >= 11 is 1.44. The summed E-state index contributed by atoms with van der Waals surface area (Å²) in [6, 6.07) is 18.4. The summed E-state index contributed by atoms with van der Waals surface area (Å²) < 4.78 is 33.7. The van der Waals surface area contributed by atoms with Gasteiger partial charge in [0.1, 0.15) is 12.4 Å². The summed E-state index contributed by atoms with van der Waals surface area (Å²) in [7, 11) is -3.74. The van der Waals surface area contributed by atoms with Crippen molar-refractivity contribution in [3.63, 3.8) is 0 Å². The zero-order valence-corrected chi connectivity index (χ0v) is 19.3. The average Bonchev–Trinajstić information content (AvgIpc) is 2.76. The van der Waals surface area contributed by atoms with Crippen LogP contribution in [-0.2, 0) is 14.8 Å². The Balaban J connectivity index is 1.63. The van der Waals surface area contributed by atoms with Gasteiger partial charge in [-0.2, -0.15) is 0 Å². The molecule has 0 aliphatic rings. The molecular formula is C23H26N2O4S2. The first kappa shape index (κ1) is 23.1. The predicted molar refractivity (Wildman–Crippen MR) is 126 cm³/mol. The number of anilines is 1. The van der Waals surface area contributed by atoms with Crippen molar-refractivity contribution < 1.29 is 17.9 Å². The van der Waals surface area contributed by atoms with Gasteiger partial charge in [-0.05, 0) is 47.4 Å². The first-order valence-electron chi connectivity index (χ1n) is 9.90. The molecule has 164 valence electrons. The van der Waals surface area contributed by atoms with Gasteiger partial charge in [0, 0.05) is 17.4 Å². The number of thioether (sulfide) groups is 1. The Hall–Kier alpha value is -2.55. The number of hydrogen-bond donors (Lipinski definition) is 2. The second kappa shape index (κ2) is 10.2. The molecule has 3 aromatic rings. The Labute approximate surface area is 187 Å². The predicted octanol–water partition coefficient (Wildman–Crippen LogP) is 4.51. The third-order valence-corrected chi connectivity index (χ3v) is 6.90. The van der Waals surface area contributed by atoms with Crippen molar-refractivity contribution in [2.24, 2.45) is 5.92 Å². The maximum Gasteiger partial charge on any atom is 0.240 e. The lowest BCUT2D eigenvalue weighted by Gasteiger charge is -2.14. The number of sulfonamides is 1. The highest BCUT2D eigenvalue weighted by molar-refractivity contribution is 7.98. The number of carbonyl (C=O) groups is 1. The number of carbonyl (C=O) groups excluding carboxylic acids is 1. The molecule has 0 fully saturated rings. The number of ether oxygens (including phenoxy) is 1. The molecule has 31 heavy (non-hydrogen) atoms. The fraction of sp³-hybridized carbons (Fsp3) is 0.261. The number of rotatable bonds is 9. The zero-order valence-electron chi connectivity index (χ0n) is 17.7. The lowest BCUT2D eigenvalue weighted by Crippen LogP contribution is -2.28. The van der Waals surface area contributed by atoms with E-state index < -0.39 is 10.0 Å². The molecule has 0 aliphatic carbocycles. The van der Waals surface area contributed by atoms with Crippen molar-refractivity contribution in [3.8, 4) is 5.75 Å². The SMILES string of the molecule is CSc1ccc(S(=O)(=O)NCCOc2ccc3ccccc3c2)cc1NC(=O)C(C)C. The lowest BCUT2D eigenvalue weighted by molar-refractivity contribution is -0.118. The van der Waals surface area contributed by atoms with Crippen LogP contribution >= 0.6 is 11.8 Å². The van der Waals surface area contributed by atoms with Crippen molar-refractivity contribution in [1.82, 2.24) is 4.72 Å². The lowest BCUT2D eigenvalue weighted by atomic mass is 10.1. The summed E-state index contributed by atoms with van der Waals surface area (Å²) in [6.45, 7) is 3.88. The maximum absolute atomic E-state index is 12.7. The molecule has 3 aromatic carbocycles. The number of amides is 1. The second-order valence-electron chi connectivity index (χ2n) is 7.26. The minimum absolute atomic E-state index is 0.0926. The van der Waals surface area contributed by atoms with Gasteiger partial charge < -0.3 is 10.1 Å². The van der Waals surface area contributed by atoms with Crippen LogP contribution in [0.2, 0.25) is 0 Å². The van der Waals surface area contributed by atoms with Crippen LogP contribution in [0.3, 0.4) is 0 Å². The summed E-state index contributed by atoms with van der Waals surface area (Å²) in [6.07, 6.45) is 1.87. The molecule has 0 bridgehead atoms. The van der Waals surface area contributed by atoms with E-state index in [1.807, 2.05) is 48.7 Å². The Morgan fingerprint density at radius 3 is 2.48 bits per heavy atom. The minimum atomic E-state index is -3.74. The molecule has 0 aromatic heterocycles. The highest BCUT2D eigenvalue weighted by Gasteiger charge is 2.17. The van der Waals surface area contributed by atoms with E-state index in [9.17, 15) is 13.2 Å². The summed E-state index contributed by atoms with van der Waals surface area (Å²) in [5, 5.41) is 4.98. The van der Waals surface area contributed by atoms with Gasteiger partial charge in [0.25, 0.3) is 0 Å². The van der Waals surface area contributed by atoms with Crippen molar-refractivity contribution in [2.45, 2.75) is 23.6 Å². The van der Waals surface area contributed by atoms with E-state index in [0.29, 0.717) is 11.4 Å². The van der Waals surface area contributed by atoms with Crippen LogP contribution < -0.4 is 14.8 Å². The Kier molecular flexibility index (Phi) is 7.59. The molecule has 0 heterocycles. The van der Waals surface area contributed by atoms with E-state index >= 15 is 0 Å². The molecule has 6 nitrogen and oxygen atoms in total. The van der Waals surface area contributed by atoms with Crippen molar-refractivity contribution in [2.75, 3.05) is 24.7 Å². The first-order chi connectivity index (χ1) is 14.8. The molecule has 0 saturated carbocycles. The van der Waals surface area contributed by atoms with Crippen LogP contribution in [0.4, 0.5) is 5.69 Å². The normalized spacial score (nSPS) is 11.6. The molecule has 2 N–H and O–H groups in total. The van der Waals surface area contributed by atoms with Gasteiger partial charge in [0.2, 0.25) is 15.9 Å². The topological polar surface area (TPSA) is 84.5 Å². The van der Waals surface area contributed by atoms with Gasteiger partial charge in [-0.15, -0.1) is 11.8 Å². The van der Waals surface area contributed by atoms with E-state index in [0.717, 1.165) is 15.7 Å². The highest BCUT2D eigenvalue weighted by Crippen LogP contribution is 2.28. The van der Waals surface area contributed by atoms with Crippen LogP contribution in [0.25, 0.3) is 10.8 Å². The van der Waals surface area contributed by atoms with Crippen LogP contribution in [0.1, 0.15) is 13.8 Å².